The van der Waals surface area contributed by atoms with Gasteiger partial charge in [-0.2, -0.15) is 9.57 Å². The Hall–Kier alpha value is -2.24. The molecular weight excluding hydrogens is 424 g/mol. The maximum atomic E-state index is 13.0. The maximum Gasteiger partial charge on any atom is 0.243 e. The Morgan fingerprint density at radius 3 is 2.50 bits per heavy atom. The zero-order valence-corrected chi connectivity index (χ0v) is 19.1. The summed E-state index contributed by atoms with van der Waals surface area (Å²) in [6.45, 7) is 3.01. The van der Waals surface area contributed by atoms with Gasteiger partial charge in [-0.3, -0.25) is 0 Å². The monoisotopic (exact) mass is 454 g/mol. The molecule has 2 aliphatic heterocycles. The average molecular weight is 455 g/mol. The molecule has 0 bridgehead atoms. The number of benzene rings is 2. The molecule has 170 valence electrons. The van der Waals surface area contributed by atoms with E-state index in [4.69, 9.17) is 14.7 Å². The topological polar surface area (TPSA) is 79.6 Å². The summed E-state index contributed by atoms with van der Waals surface area (Å²) in [7, 11) is -3.55. The van der Waals surface area contributed by atoms with Crippen LogP contribution in [0.25, 0.3) is 0 Å². The molecule has 0 amide bonds. The number of hydrogen-bond acceptors (Lipinski definition) is 5. The highest BCUT2D eigenvalue weighted by Crippen LogP contribution is 2.39. The summed E-state index contributed by atoms with van der Waals surface area (Å²) in [5, 5.41) is 8.93. The normalized spacial score (nSPS) is 21.3. The van der Waals surface area contributed by atoms with E-state index in [1.54, 1.807) is 16.4 Å². The van der Waals surface area contributed by atoms with Crippen LogP contribution in [0.5, 0.6) is 0 Å². The van der Waals surface area contributed by atoms with E-state index in [0.717, 1.165) is 32.5 Å². The van der Waals surface area contributed by atoms with Crippen molar-refractivity contribution in [3.63, 3.8) is 0 Å². The summed E-state index contributed by atoms with van der Waals surface area (Å²) < 4.78 is 39.6. The predicted molar refractivity (Wildman–Crippen MR) is 121 cm³/mol. The Bertz CT molecular complexity index is 1020. The van der Waals surface area contributed by atoms with E-state index in [2.05, 4.69) is 12.1 Å². The summed E-state index contributed by atoms with van der Waals surface area (Å²) in [6.07, 6.45) is 4.43. The Morgan fingerprint density at radius 2 is 1.81 bits per heavy atom. The highest BCUT2D eigenvalue weighted by molar-refractivity contribution is 7.89. The first-order chi connectivity index (χ1) is 15.5. The van der Waals surface area contributed by atoms with E-state index >= 15 is 0 Å². The smallest absolute Gasteiger partial charge is 0.243 e. The molecule has 0 aliphatic carbocycles. The zero-order chi connectivity index (χ0) is 22.4. The van der Waals surface area contributed by atoms with Crippen LogP contribution in [0, 0.1) is 17.2 Å². The lowest BCUT2D eigenvalue weighted by Crippen LogP contribution is -2.50. The molecule has 2 saturated heterocycles. The summed E-state index contributed by atoms with van der Waals surface area (Å²) in [5.41, 5.74) is 1.42. The molecule has 2 aliphatic rings. The highest BCUT2D eigenvalue weighted by atomic mass is 32.2. The molecule has 2 aromatic carbocycles. The van der Waals surface area contributed by atoms with Gasteiger partial charge in [0.15, 0.2) is 0 Å². The van der Waals surface area contributed by atoms with Gasteiger partial charge in [-0.05, 0) is 67.9 Å². The number of hydrogen-bond donors (Lipinski definition) is 0. The number of ether oxygens (including phenoxy) is 2. The molecule has 0 saturated carbocycles. The van der Waals surface area contributed by atoms with E-state index in [-0.39, 0.29) is 10.5 Å². The van der Waals surface area contributed by atoms with Gasteiger partial charge in [0.2, 0.25) is 10.0 Å². The molecule has 7 heteroatoms. The van der Waals surface area contributed by atoms with Gasteiger partial charge < -0.3 is 9.47 Å². The van der Waals surface area contributed by atoms with Crippen molar-refractivity contribution < 1.29 is 17.9 Å². The molecule has 1 unspecified atom stereocenters. The summed E-state index contributed by atoms with van der Waals surface area (Å²) in [6, 6.07) is 18.3. The quantitative estimate of drug-likeness (QED) is 0.588. The third kappa shape index (κ3) is 5.38. The fourth-order valence-electron chi connectivity index (χ4n) is 4.72. The van der Waals surface area contributed by atoms with Crippen LogP contribution in [0.1, 0.15) is 43.2 Å². The van der Waals surface area contributed by atoms with Crippen LogP contribution in [0.3, 0.4) is 0 Å². The van der Waals surface area contributed by atoms with E-state index in [1.165, 1.54) is 17.7 Å². The molecule has 0 aromatic heterocycles. The SMILES string of the molecule is N#Cc1ccc(S(=O)(=O)N2CCC3(CC2)CC(CCOCc2ccccc2)CCO3)cc1. The Morgan fingerprint density at radius 1 is 1.09 bits per heavy atom. The second-order valence-corrected chi connectivity index (χ2v) is 10.7. The van der Waals surface area contributed by atoms with Crippen molar-refractivity contribution in [3.8, 4) is 6.07 Å². The van der Waals surface area contributed by atoms with E-state index in [0.29, 0.717) is 44.0 Å². The van der Waals surface area contributed by atoms with Crippen molar-refractivity contribution in [3.05, 3.63) is 65.7 Å². The Balaban J connectivity index is 1.27. The van der Waals surface area contributed by atoms with Crippen molar-refractivity contribution in [2.24, 2.45) is 5.92 Å². The summed E-state index contributed by atoms with van der Waals surface area (Å²) in [5.74, 6) is 0.543. The predicted octanol–water partition coefficient (Wildman–Crippen LogP) is 4.12. The molecule has 2 aromatic rings. The molecule has 6 nitrogen and oxygen atoms in total. The molecule has 0 radical (unpaired) electrons. The molecule has 2 fully saturated rings. The number of piperidine rings is 1. The zero-order valence-electron chi connectivity index (χ0n) is 18.3. The minimum Gasteiger partial charge on any atom is -0.377 e. The van der Waals surface area contributed by atoms with Crippen LogP contribution in [0.4, 0.5) is 0 Å². The van der Waals surface area contributed by atoms with Crippen molar-refractivity contribution >= 4 is 10.0 Å². The maximum absolute atomic E-state index is 13.0. The molecule has 32 heavy (non-hydrogen) atoms. The Labute approximate surface area is 190 Å². The molecule has 4 rings (SSSR count). The van der Waals surface area contributed by atoms with Gasteiger partial charge in [0, 0.05) is 26.3 Å². The van der Waals surface area contributed by atoms with E-state index < -0.39 is 10.0 Å². The minimum atomic E-state index is -3.55. The lowest BCUT2D eigenvalue weighted by Gasteiger charge is -2.46. The minimum absolute atomic E-state index is 0.223. The van der Waals surface area contributed by atoms with Gasteiger partial charge in [-0.25, -0.2) is 8.42 Å². The van der Waals surface area contributed by atoms with Crippen LogP contribution >= 0.6 is 0 Å². The number of nitriles is 1. The molecule has 0 N–H and O–H groups in total. The van der Waals surface area contributed by atoms with E-state index in [1.807, 2.05) is 24.3 Å². The molecule has 1 atom stereocenters. The second kappa shape index (κ2) is 10.1. The average Bonchev–Trinajstić information content (AvgIpc) is 2.83. The van der Waals surface area contributed by atoms with Crippen LogP contribution in [-0.2, 0) is 26.1 Å². The second-order valence-electron chi connectivity index (χ2n) is 8.76. The van der Waals surface area contributed by atoms with Crippen molar-refractivity contribution in [2.75, 3.05) is 26.3 Å². The van der Waals surface area contributed by atoms with Crippen LogP contribution in [-0.4, -0.2) is 44.6 Å². The van der Waals surface area contributed by atoms with Gasteiger partial charge in [-0.1, -0.05) is 30.3 Å². The van der Waals surface area contributed by atoms with Crippen LogP contribution in [0.2, 0.25) is 0 Å². The van der Waals surface area contributed by atoms with Gasteiger partial charge in [0.1, 0.15) is 0 Å². The highest BCUT2D eigenvalue weighted by Gasteiger charge is 2.42. The standard InChI is InChI=1S/C25H30N2O4S/c26-19-22-6-8-24(9-7-22)32(28,29)27-14-12-25(13-15-27)18-21(11-17-31-25)10-16-30-20-23-4-2-1-3-5-23/h1-9,21H,10-18,20H2. The van der Waals surface area contributed by atoms with Crippen molar-refractivity contribution in [1.29, 1.82) is 5.26 Å². The van der Waals surface area contributed by atoms with E-state index in [9.17, 15) is 8.42 Å². The van der Waals surface area contributed by atoms with Gasteiger partial charge in [-0.15, -0.1) is 0 Å². The lowest BCUT2D eigenvalue weighted by atomic mass is 9.79. The fraction of sp³-hybridized carbons (Fsp3) is 0.480. The van der Waals surface area contributed by atoms with Crippen LogP contribution < -0.4 is 0 Å². The van der Waals surface area contributed by atoms with Crippen LogP contribution in [0.15, 0.2) is 59.5 Å². The first-order valence-corrected chi connectivity index (χ1v) is 12.7. The molecular formula is C25H30N2O4S. The first kappa shape index (κ1) is 22.9. The number of rotatable bonds is 7. The van der Waals surface area contributed by atoms with Gasteiger partial charge >= 0.3 is 0 Å². The van der Waals surface area contributed by atoms with Crippen molar-refractivity contribution in [2.45, 2.75) is 49.2 Å². The molecule has 1 spiro atoms. The van der Waals surface area contributed by atoms with Gasteiger partial charge in [0.25, 0.3) is 0 Å². The van der Waals surface area contributed by atoms with Gasteiger partial charge in [0.05, 0.1) is 28.7 Å². The third-order valence-corrected chi connectivity index (χ3v) is 8.54. The molecule has 2 heterocycles. The number of sulfonamides is 1. The van der Waals surface area contributed by atoms with Crippen molar-refractivity contribution in [1.82, 2.24) is 4.31 Å². The lowest BCUT2D eigenvalue weighted by molar-refractivity contribution is -0.123. The largest absolute Gasteiger partial charge is 0.377 e. The number of nitrogens with zero attached hydrogens (tertiary/aromatic N) is 2. The summed E-state index contributed by atoms with van der Waals surface area (Å²) in [4.78, 5) is 0.241. The Kier molecular flexibility index (Phi) is 7.27. The fourth-order valence-corrected chi connectivity index (χ4v) is 6.16. The first-order valence-electron chi connectivity index (χ1n) is 11.3. The summed E-state index contributed by atoms with van der Waals surface area (Å²) >= 11 is 0. The third-order valence-electron chi connectivity index (χ3n) is 6.63.